The SMILES string of the molecule is O=C(COC(=O)c1ccc(N2C(=O)[C@@H]3[C@@H]4C[C@H]([C@H]3C2=O)[C@H](c2ccccc2)C4)cc1)c1ccc(F)cc1. The van der Waals surface area contributed by atoms with Gasteiger partial charge in [-0.2, -0.15) is 0 Å². The van der Waals surface area contributed by atoms with E-state index in [-0.39, 0.29) is 46.6 Å². The van der Waals surface area contributed by atoms with Gasteiger partial charge in [0.15, 0.2) is 12.4 Å². The quantitative estimate of drug-likeness (QED) is 0.278. The van der Waals surface area contributed by atoms with Crippen molar-refractivity contribution in [1.29, 1.82) is 0 Å². The molecule has 5 atom stereocenters. The van der Waals surface area contributed by atoms with E-state index in [0.29, 0.717) is 11.6 Å². The van der Waals surface area contributed by atoms with Gasteiger partial charge in [-0.15, -0.1) is 0 Å². The molecule has 37 heavy (non-hydrogen) atoms. The van der Waals surface area contributed by atoms with Crippen molar-refractivity contribution in [3.05, 3.63) is 101 Å². The first kappa shape index (κ1) is 23.3. The third-order valence-corrected chi connectivity index (χ3v) is 8.11. The fourth-order valence-electron chi connectivity index (χ4n) is 6.48. The summed E-state index contributed by atoms with van der Waals surface area (Å²) in [6, 6.07) is 21.3. The number of hydrogen-bond acceptors (Lipinski definition) is 5. The van der Waals surface area contributed by atoms with E-state index < -0.39 is 24.2 Å². The van der Waals surface area contributed by atoms with Crippen LogP contribution >= 0.6 is 0 Å². The zero-order valence-electron chi connectivity index (χ0n) is 19.9. The summed E-state index contributed by atoms with van der Waals surface area (Å²) in [4.78, 5) is 52.7. The number of amides is 2. The molecule has 1 saturated heterocycles. The first-order valence-electron chi connectivity index (χ1n) is 12.4. The van der Waals surface area contributed by atoms with Gasteiger partial charge in [-0.05, 0) is 84.7 Å². The largest absolute Gasteiger partial charge is 0.454 e. The van der Waals surface area contributed by atoms with E-state index in [0.717, 1.165) is 25.0 Å². The summed E-state index contributed by atoms with van der Waals surface area (Å²) >= 11 is 0. The molecular formula is C30H24FNO5. The summed E-state index contributed by atoms with van der Waals surface area (Å²) in [5.74, 6) is -1.87. The molecule has 0 radical (unpaired) electrons. The summed E-state index contributed by atoms with van der Waals surface area (Å²) < 4.78 is 18.1. The van der Waals surface area contributed by atoms with Gasteiger partial charge in [-0.25, -0.2) is 9.18 Å². The number of esters is 1. The Bertz CT molecular complexity index is 1390. The lowest BCUT2D eigenvalue weighted by Gasteiger charge is -2.28. The van der Waals surface area contributed by atoms with Crippen LogP contribution in [0.2, 0.25) is 0 Å². The minimum absolute atomic E-state index is 0.158. The molecule has 1 aliphatic heterocycles. The number of carbonyl (C=O) groups excluding carboxylic acids is 4. The Morgan fingerprint density at radius 3 is 2.16 bits per heavy atom. The molecule has 186 valence electrons. The van der Waals surface area contributed by atoms with E-state index in [1.807, 2.05) is 18.2 Å². The summed E-state index contributed by atoms with van der Waals surface area (Å²) in [5, 5.41) is 0. The second kappa shape index (κ2) is 9.07. The fourth-order valence-corrected chi connectivity index (χ4v) is 6.48. The number of rotatable bonds is 6. The van der Waals surface area contributed by atoms with Gasteiger partial charge in [0.2, 0.25) is 11.8 Å². The van der Waals surface area contributed by atoms with Gasteiger partial charge in [0, 0.05) is 5.56 Å². The number of nitrogens with zero attached hydrogens (tertiary/aromatic N) is 1. The number of anilines is 1. The molecule has 6 nitrogen and oxygen atoms in total. The number of ether oxygens (including phenoxy) is 1. The lowest BCUT2D eigenvalue weighted by molar-refractivity contribution is -0.123. The van der Waals surface area contributed by atoms with Gasteiger partial charge in [0.05, 0.1) is 23.1 Å². The van der Waals surface area contributed by atoms with Crippen molar-refractivity contribution in [2.75, 3.05) is 11.5 Å². The number of Topliss-reactive ketones (excluding diaryl/α,β-unsaturated/α-hetero) is 1. The number of carbonyl (C=O) groups is 4. The first-order chi connectivity index (χ1) is 17.9. The van der Waals surface area contributed by atoms with E-state index in [1.54, 1.807) is 12.1 Å². The molecule has 2 bridgehead atoms. The van der Waals surface area contributed by atoms with Gasteiger partial charge in [0.1, 0.15) is 5.82 Å². The van der Waals surface area contributed by atoms with Crippen LogP contribution in [0.4, 0.5) is 10.1 Å². The molecule has 3 aromatic carbocycles. The summed E-state index contributed by atoms with van der Waals surface area (Å²) in [6.45, 7) is -0.482. The van der Waals surface area contributed by atoms with Gasteiger partial charge in [-0.1, -0.05) is 30.3 Å². The third-order valence-electron chi connectivity index (χ3n) is 8.11. The first-order valence-corrected chi connectivity index (χ1v) is 12.4. The maximum atomic E-state index is 13.5. The second-order valence-corrected chi connectivity index (χ2v) is 10.0. The van der Waals surface area contributed by atoms with Gasteiger partial charge < -0.3 is 4.74 Å². The predicted molar refractivity (Wildman–Crippen MR) is 132 cm³/mol. The van der Waals surface area contributed by atoms with Crippen molar-refractivity contribution in [2.24, 2.45) is 23.7 Å². The highest BCUT2D eigenvalue weighted by molar-refractivity contribution is 6.22. The highest BCUT2D eigenvalue weighted by Gasteiger charge is 2.64. The zero-order chi connectivity index (χ0) is 25.7. The van der Waals surface area contributed by atoms with E-state index in [4.69, 9.17) is 4.74 Å². The third kappa shape index (κ3) is 3.95. The number of ketones is 1. The maximum Gasteiger partial charge on any atom is 0.338 e. The average molecular weight is 498 g/mol. The molecule has 2 aliphatic carbocycles. The van der Waals surface area contributed by atoms with Gasteiger partial charge in [-0.3, -0.25) is 19.3 Å². The number of benzene rings is 3. The van der Waals surface area contributed by atoms with Gasteiger partial charge >= 0.3 is 5.97 Å². The van der Waals surface area contributed by atoms with E-state index in [9.17, 15) is 23.6 Å². The Morgan fingerprint density at radius 1 is 0.811 bits per heavy atom. The Kier molecular flexibility index (Phi) is 5.71. The summed E-state index contributed by atoms with van der Waals surface area (Å²) in [7, 11) is 0. The van der Waals surface area contributed by atoms with E-state index in [2.05, 4.69) is 12.1 Å². The van der Waals surface area contributed by atoms with Crippen LogP contribution in [0.3, 0.4) is 0 Å². The lowest BCUT2D eigenvalue weighted by Crippen LogP contribution is -2.33. The van der Waals surface area contributed by atoms with Crippen LogP contribution < -0.4 is 4.90 Å². The molecule has 3 aliphatic rings. The highest BCUT2D eigenvalue weighted by atomic mass is 19.1. The van der Waals surface area contributed by atoms with Crippen molar-refractivity contribution in [2.45, 2.75) is 18.8 Å². The molecule has 0 spiro atoms. The standard InChI is InChI=1S/C30H24FNO5/c31-21-10-6-18(7-11-21)25(33)16-37-30(36)19-8-12-22(13-9-19)32-28(34)26-20-14-23(17-4-2-1-3-5-17)24(15-20)27(26)29(32)35/h1-13,20,23-24,26-27H,14-16H2/t20-,23-,24-,26+,27+/m0/s1. The van der Waals surface area contributed by atoms with Crippen molar-refractivity contribution in [1.82, 2.24) is 0 Å². The Labute approximate surface area is 213 Å². The molecule has 2 saturated carbocycles. The van der Waals surface area contributed by atoms with Gasteiger partial charge in [0.25, 0.3) is 0 Å². The summed E-state index contributed by atoms with van der Waals surface area (Å²) in [6.07, 6.45) is 1.83. The van der Waals surface area contributed by atoms with Crippen LogP contribution in [0.15, 0.2) is 78.9 Å². The highest BCUT2D eigenvalue weighted by Crippen LogP contribution is 2.61. The van der Waals surface area contributed by atoms with Crippen LogP contribution in [0.5, 0.6) is 0 Å². The van der Waals surface area contributed by atoms with Crippen LogP contribution in [0, 0.1) is 29.5 Å². The minimum Gasteiger partial charge on any atom is -0.454 e. The monoisotopic (exact) mass is 497 g/mol. The lowest BCUT2D eigenvalue weighted by atomic mass is 9.73. The van der Waals surface area contributed by atoms with Crippen LogP contribution in [0.25, 0.3) is 0 Å². The molecule has 0 aromatic heterocycles. The van der Waals surface area contributed by atoms with Crippen molar-refractivity contribution < 1.29 is 28.3 Å². The van der Waals surface area contributed by atoms with Crippen molar-refractivity contribution in [3.63, 3.8) is 0 Å². The van der Waals surface area contributed by atoms with Crippen LogP contribution in [-0.2, 0) is 14.3 Å². The molecule has 7 heteroatoms. The Hall–Kier alpha value is -4.13. The van der Waals surface area contributed by atoms with Crippen molar-refractivity contribution in [3.8, 4) is 0 Å². The number of imide groups is 1. The molecule has 3 aromatic rings. The normalized spacial score (nSPS) is 25.9. The van der Waals surface area contributed by atoms with Crippen LogP contribution in [0.1, 0.15) is 45.0 Å². The smallest absolute Gasteiger partial charge is 0.338 e. The molecule has 0 unspecified atom stereocenters. The Morgan fingerprint density at radius 2 is 1.46 bits per heavy atom. The number of halogens is 1. The maximum absolute atomic E-state index is 13.5. The minimum atomic E-state index is -0.707. The summed E-state index contributed by atoms with van der Waals surface area (Å²) in [5.41, 5.74) is 2.09. The molecule has 3 fully saturated rings. The second-order valence-electron chi connectivity index (χ2n) is 10.0. The van der Waals surface area contributed by atoms with E-state index in [1.165, 1.54) is 34.7 Å². The van der Waals surface area contributed by atoms with Crippen LogP contribution in [-0.4, -0.2) is 30.2 Å². The predicted octanol–water partition coefficient (Wildman–Crippen LogP) is 4.79. The molecule has 2 amide bonds. The molecule has 1 heterocycles. The van der Waals surface area contributed by atoms with E-state index >= 15 is 0 Å². The zero-order valence-corrected chi connectivity index (χ0v) is 19.9. The molecule has 6 rings (SSSR count). The average Bonchev–Trinajstić information content (AvgIpc) is 3.59. The number of fused-ring (bicyclic) bond motifs is 5. The molecule has 0 N–H and O–H groups in total. The Balaban J connectivity index is 1.13. The van der Waals surface area contributed by atoms with Crippen molar-refractivity contribution >= 4 is 29.3 Å². The number of hydrogen-bond donors (Lipinski definition) is 0. The topological polar surface area (TPSA) is 80.8 Å². The molecular weight excluding hydrogens is 473 g/mol. The fraction of sp³-hybridized carbons (Fsp3) is 0.267.